The average Bonchev–Trinajstić information content (AvgIpc) is 3.31. The Morgan fingerprint density at radius 3 is 2.42 bits per heavy atom. The second kappa shape index (κ2) is 7.57. The summed E-state index contributed by atoms with van der Waals surface area (Å²) in [6, 6.07) is 8.38. The zero-order valence-electron chi connectivity index (χ0n) is 17.5. The lowest BCUT2D eigenvalue weighted by atomic mass is 9.85. The van der Waals surface area contributed by atoms with Crippen LogP contribution in [0.3, 0.4) is 0 Å². The first-order chi connectivity index (χ1) is 14.9. The lowest BCUT2D eigenvalue weighted by Crippen LogP contribution is -2.51. The molecule has 1 spiro atoms. The number of rotatable bonds is 3. The van der Waals surface area contributed by atoms with E-state index in [0.717, 1.165) is 53.9 Å². The van der Waals surface area contributed by atoms with Crippen LogP contribution >= 0.6 is 11.6 Å². The van der Waals surface area contributed by atoms with Crippen LogP contribution in [0.25, 0.3) is 22.3 Å². The van der Waals surface area contributed by atoms with E-state index in [1.807, 2.05) is 32.6 Å². The van der Waals surface area contributed by atoms with Gasteiger partial charge in [-0.05, 0) is 18.1 Å². The van der Waals surface area contributed by atoms with Crippen molar-refractivity contribution in [2.45, 2.75) is 31.4 Å². The van der Waals surface area contributed by atoms with Crippen LogP contribution in [0.4, 0.5) is 10.5 Å². The molecule has 1 N–H and O–H groups in total. The first kappa shape index (κ1) is 19.9. The van der Waals surface area contributed by atoms with Gasteiger partial charge in [-0.3, -0.25) is 9.67 Å². The fraction of sp³-hybridized carbons (Fsp3) is 0.348. The van der Waals surface area contributed by atoms with E-state index in [9.17, 15) is 4.79 Å². The fourth-order valence-corrected chi connectivity index (χ4v) is 4.91. The van der Waals surface area contributed by atoms with E-state index in [1.54, 1.807) is 10.9 Å². The molecule has 2 aromatic heterocycles. The summed E-state index contributed by atoms with van der Waals surface area (Å²) in [5.74, 6) is 0. The minimum atomic E-state index is -0.432. The third-order valence-corrected chi connectivity index (χ3v) is 6.73. The van der Waals surface area contributed by atoms with Crippen LogP contribution in [0, 0.1) is 0 Å². The van der Waals surface area contributed by atoms with Crippen molar-refractivity contribution in [1.82, 2.24) is 20.1 Å². The number of ether oxygens (including phenoxy) is 1. The number of benzene rings is 1. The molecule has 3 aromatic rings. The number of amides is 1. The van der Waals surface area contributed by atoms with E-state index in [4.69, 9.17) is 16.3 Å². The molecule has 1 aromatic carbocycles. The SMILES string of the molecule is C[C@H]1NC(=O)OC12CCN(c1c(Cl)cncc1-c1ccc(-c3cnn(C)c3)cc1)CC2. The molecule has 2 saturated heterocycles. The van der Waals surface area contributed by atoms with Crippen molar-refractivity contribution >= 4 is 23.4 Å². The van der Waals surface area contributed by atoms with Gasteiger partial charge in [-0.1, -0.05) is 35.9 Å². The van der Waals surface area contributed by atoms with Crippen LogP contribution in [-0.2, 0) is 11.8 Å². The molecule has 2 aliphatic rings. The topological polar surface area (TPSA) is 72.3 Å². The number of hydrogen-bond acceptors (Lipinski definition) is 5. The molecule has 0 aliphatic carbocycles. The Morgan fingerprint density at radius 2 is 1.81 bits per heavy atom. The average molecular weight is 438 g/mol. The van der Waals surface area contributed by atoms with Crippen molar-refractivity contribution < 1.29 is 9.53 Å². The number of piperidine rings is 1. The summed E-state index contributed by atoms with van der Waals surface area (Å²) in [6.45, 7) is 3.52. The largest absolute Gasteiger partial charge is 0.441 e. The van der Waals surface area contributed by atoms with Gasteiger partial charge in [-0.15, -0.1) is 0 Å². The number of carbonyl (C=O) groups excluding carboxylic acids is 1. The number of halogens is 1. The number of nitrogens with one attached hydrogen (secondary N) is 1. The van der Waals surface area contributed by atoms with E-state index in [1.165, 1.54) is 0 Å². The quantitative estimate of drug-likeness (QED) is 0.662. The third-order valence-electron chi connectivity index (χ3n) is 6.45. The molecule has 8 heteroatoms. The Bertz CT molecular complexity index is 1120. The Kier molecular flexibility index (Phi) is 4.85. The van der Waals surface area contributed by atoms with E-state index in [2.05, 4.69) is 44.6 Å². The molecule has 2 fully saturated rings. The summed E-state index contributed by atoms with van der Waals surface area (Å²) >= 11 is 6.63. The minimum absolute atomic E-state index is 0.00885. The van der Waals surface area contributed by atoms with Gasteiger partial charge in [0.15, 0.2) is 0 Å². The maximum atomic E-state index is 11.7. The molecule has 7 nitrogen and oxygen atoms in total. The number of nitrogens with zero attached hydrogens (tertiary/aromatic N) is 4. The van der Waals surface area contributed by atoms with Crippen molar-refractivity contribution in [2.24, 2.45) is 7.05 Å². The maximum Gasteiger partial charge on any atom is 0.408 e. The number of alkyl carbamates (subject to hydrolysis) is 1. The molecule has 0 unspecified atom stereocenters. The van der Waals surface area contributed by atoms with Gasteiger partial charge in [0.25, 0.3) is 0 Å². The van der Waals surface area contributed by atoms with E-state index in [-0.39, 0.29) is 12.1 Å². The Labute approximate surface area is 186 Å². The van der Waals surface area contributed by atoms with E-state index < -0.39 is 5.60 Å². The summed E-state index contributed by atoms with van der Waals surface area (Å²) in [7, 11) is 1.91. The molecule has 0 radical (unpaired) electrons. The van der Waals surface area contributed by atoms with Gasteiger partial charge < -0.3 is 15.0 Å². The minimum Gasteiger partial charge on any atom is -0.441 e. The number of hydrogen-bond donors (Lipinski definition) is 1. The van der Waals surface area contributed by atoms with Gasteiger partial charge in [0, 0.05) is 62.7 Å². The van der Waals surface area contributed by atoms with Crippen molar-refractivity contribution in [3.8, 4) is 22.3 Å². The zero-order chi connectivity index (χ0) is 21.6. The van der Waals surface area contributed by atoms with Crippen molar-refractivity contribution in [3.05, 3.63) is 54.1 Å². The molecule has 0 saturated carbocycles. The molecular weight excluding hydrogens is 414 g/mol. The standard InChI is InChI=1S/C23H24ClN5O2/c1-15-23(31-22(30)27-15)7-9-29(10-8-23)21-19(12-25-13-20(21)24)17-5-3-16(4-6-17)18-11-26-28(2)14-18/h3-6,11-15H,7-10H2,1-2H3,(H,27,30)/t15-/m1/s1. The molecule has 160 valence electrons. The maximum absolute atomic E-state index is 11.7. The molecule has 1 amide bonds. The van der Waals surface area contributed by atoms with Crippen LogP contribution in [-0.4, -0.2) is 45.6 Å². The lowest BCUT2D eigenvalue weighted by Gasteiger charge is -2.41. The van der Waals surface area contributed by atoms with Crippen LogP contribution in [0.15, 0.2) is 49.1 Å². The number of aryl methyl sites for hydroxylation is 1. The first-order valence-corrected chi connectivity index (χ1v) is 10.8. The van der Waals surface area contributed by atoms with Crippen LogP contribution in [0.2, 0.25) is 5.02 Å². The van der Waals surface area contributed by atoms with Crippen molar-refractivity contribution in [1.29, 1.82) is 0 Å². The van der Waals surface area contributed by atoms with Gasteiger partial charge >= 0.3 is 6.09 Å². The summed E-state index contributed by atoms with van der Waals surface area (Å²) in [6.07, 6.45) is 8.60. The molecule has 4 heterocycles. The summed E-state index contributed by atoms with van der Waals surface area (Å²) < 4.78 is 7.45. The first-order valence-electron chi connectivity index (χ1n) is 10.4. The molecule has 0 bridgehead atoms. The fourth-order valence-electron chi connectivity index (χ4n) is 4.63. The lowest BCUT2D eigenvalue weighted by molar-refractivity contribution is 0.0188. The van der Waals surface area contributed by atoms with Gasteiger partial charge in [-0.2, -0.15) is 5.10 Å². The number of carbonyl (C=O) groups is 1. The number of pyridine rings is 1. The molecule has 2 aliphatic heterocycles. The third kappa shape index (κ3) is 3.53. The highest BCUT2D eigenvalue weighted by Gasteiger charge is 2.48. The van der Waals surface area contributed by atoms with Crippen LogP contribution in [0.5, 0.6) is 0 Å². The van der Waals surface area contributed by atoms with Crippen LogP contribution in [0.1, 0.15) is 19.8 Å². The second-order valence-electron chi connectivity index (χ2n) is 8.30. The zero-order valence-corrected chi connectivity index (χ0v) is 18.3. The van der Waals surface area contributed by atoms with Crippen molar-refractivity contribution in [2.75, 3.05) is 18.0 Å². The normalized spacial score (nSPS) is 20.0. The predicted octanol–water partition coefficient (Wildman–Crippen LogP) is 4.27. The predicted molar refractivity (Wildman–Crippen MR) is 120 cm³/mol. The molecule has 5 rings (SSSR count). The van der Waals surface area contributed by atoms with Crippen molar-refractivity contribution in [3.63, 3.8) is 0 Å². The molecular formula is C23H24ClN5O2. The monoisotopic (exact) mass is 437 g/mol. The van der Waals surface area contributed by atoms with Gasteiger partial charge in [0.05, 0.1) is 22.9 Å². The summed E-state index contributed by atoms with van der Waals surface area (Å²) in [4.78, 5) is 18.3. The van der Waals surface area contributed by atoms with Gasteiger partial charge in [0.1, 0.15) is 5.60 Å². The highest BCUT2D eigenvalue weighted by atomic mass is 35.5. The van der Waals surface area contributed by atoms with E-state index >= 15 is 0 Å². The summed E-state index contributed by atoms with van der Waals surface area (Å²) in [5, 5.41) is 7.75. The Balaban J connectivity index is 1.42. The molecule has 31 heavy (non-hydrogen) atoms. The summed E-state index contributed by atoms with van der Waals surface area (Å²) in [5.41, 5.74) is 4.78. The number of aromatic nitrogens is 3. The smallest absolute Gasteiger partial charge is 0.408 e. The molecule has 1 atom stereocenters. The Morgan fingerprint density at radius 1 is 1.10 bits per heavy atom. The highest BCUT2D eigenvalue weighted by molar-refractivity contribution is 6.33. The number of anilines is 1. The second-order valence-corrected chi connectivity index (χ2v) is 8.71. The van der Waals surface area contributed by atoms with Gasteiger partial charge in [-0.25, -0.2) is 4.79 Å². The highest BCUT2D eigenvalue weighted by Crippen LogP contribution is 2.41. The van der Waals surface area contributed by atoms with Crippen LogP contribution < -0.4 is 10.2 Å². The Hall–Kier alpha value is -3.06. The van der Waals surface area contributed by atoms with Gasteiger partial charge in [0.2, 0.25) is 0 Å². The van der Waals surface area contributed by atoms with E-state index in [0.29, 0.717) is 5.02 Å².